The molecule has 0 unspecified atom stereocenters. The third-order valence-corrected chi connectivity index (χ3v) is 2.59. The van der Waals surface area contributed by atoms with Crippen molar-refractivity contribution in [3.8, 4) is 0 Å². The Morgan fingerprint density at radius 2 is 1.95 bits per heavy atom. The summed E-state index contributed by atoms with van der Waals surface area (Å²) in [5, 5.41) is 6.55. The third-order valence-electron chi connectivity index (χ3n) is 2.59. The average Bonchev–Trinajstić information content (AvgIpc) is 2.43. The van der Waals surface area contributed by atoms with Crippen LogP contribution in [0.1, 0.15) is 37.6 Å². The van der Waals surface area contributed by atoms with Gasteiger partial charge in [-0.2, -0.15) is 5.10 Å². The Morgan fingerprint density at radius 1 is 1.29 bits per heavy atom. The molecule has 0 radical (unpaired) electrons. The van der Waals surface area contributed by atoms with Crippen molar-refractivity contribution in [2.24, 2.45) is 11.0 Å². The number of carbonyl (C=O) groups excluding carboxylic acids is 2. The van der Waals surface area contributed by atoms with Crippen molar-refractivity contribution in [1.29, 1.82) is 0 Å². The van der Waals surface area contributed by atoms with E-state index in [9.17, 15) is 14.0 Å². The van der Waals surface area contributed by atoms with Crippen molar-refractivity contribution >= 4 is 17.5 Å². The molecule has 0 heterocycles. The highest BCUT2D eigenvalue weighted by atomic mass is 19.1. The Bertz CT molecular complexity index is 541. The number of hydrazone groups is 1. The molecule has 5 nitrogen and oxygen atoms in total. The molecule has 21 heavy (non-hydrogen) atoms. The second-order valence-corrected chi connectivity index (χ2v) is 5.14. The molecule has 0 aliphatic carbocycles. The Hall–Kier alpha value is -2.24. The van der Waals surface area contributed by atoms with Crippen LogP contribution in [0.2, 0.25) is 0 Å². The first-order chi connectivity index (χ1) is 9.90. The molecule has 0 saturated heterocycles. The first-order valence-corrected chi connectivity index (χ1v) is 6.75. The maximum atomic E-state index is 13.4. The van der Waals surface area contributed by atoms with Crippen LogP contribution in [0.4, 0.5) is 4.39 Å². The number of amides is 2. The fourth-order valence-electron chi connectivity index (χ4n) is 1.50. The third kappa shape index (κ3) is 6.16. The smallest absolute Gasteiger partial charge is 0.274 e. The van der Waals surface area contributed by atoms with Crippen LogP contribution in [0, 0.1) is 11.7 Å². The SMILES string of the molecule is CC(CC(=O)NCC(C)C)=NNC(=O)c1ccccc1F. The van der Waals surface area contributed by atoms with E-state index in [2.05, 4.69) is 15.8 Å². The van der Waals surface area contributed by atoms with E-state index in [1.807, 2.05) is 13.8 Å². The Labute approximate surface area is 123 Å². The molecule has 1 aromatic rings. The minimum Gasteiger partial charge on any atom is -0.356 e. The summed E-state index contributed by atoms with van der Waals surface area (Å²) in [6.45, 7) is 6.20. The maximum Gasteiger partial charge on any atom is 0.274 e. The zero-order valence-corrected chi connectivity index (χ0v) is 12.4. The first-order valence-electron chi connectivity index (χ1n) is 6.75. The molecule has 2 amide bonds. The van der Waals surface area contributed by atoms with E-state index in [1.54, 1.807) is 13.0 Å². The number of carbonyl (C=O) groups is 2. The molecule has 1 aromatic carbocycles. The van der Waals surface area contributed by atoms with Gasteiger partial charge < -0.3 is 5.32 Å². The number of halogens is 1. The normalized spacial score (nSPS) is 11.4. The fourth-order valence-corrected chi connectivity index (χ4v) is 1.50. The second kappa shape index (κ2) is 8.14. The van der Waals surface area contributed by atoms with Gasteiger partial charge in [-0.05, 0) is 25.0 Å². The molecule has 0 fully saturated rings. The van der Waals surface area contributed by atoms with E-state index < -0.39 is 11.7 Å². The Balaban J connectivity index is 2.50. The van der Waals surface area contributed by atoms with Crippen molar-refractivity contribution in [2.75, 3.05) is 6.54 Å². The Kier molecular flexibility index (Phi) is 6.52. The van der Waals surface area contributed by atoms with Crippen molar-refractivity contribution in [2.45, 2.75) is 27.2 Å². The van der Waals surface area contributed by atoms with E-state index >= 15 is 0 Å². The number of nitrogens with zero attached hydrogens (tertiary/aromatic N) is 1. The van der Waals surface area contributed by atoms with Gasteiger partial charge >= 0.3 is 0 Å². The highest BCUT2D eigenvalue weighted by Gasteiger charge is 2.10. The van der Waals surface area contributed by atoms with Gasteiger partial charge in [-0.3, -0.25) is 9.59 Å². The van der Waals surface area contributed by atoms with Crippen LogP contribution in [0.25, 0.3) is 0 Å². The summed E-state index contributed by atoms with van der Waals surface area (Å²) in [4.78, 5) is 23.3. The molecule has 0 saturated carbocycles. The van der Waals surface area contributed by atoms with Crippen LogP contribution >= 0.6 is 0 Å². The van der Waals surface area contributed by atoms with E-state index in [0.29, 0.717) is 18.2 Å². The summed E-state index contributed by atoms with van der Waals surface area (Å²) in [6.07, 6.45) is 0.0876. The predicted octanol–water partition coefficient (Wildman–Crippen LogP) is 2.09. The Morgan fingerprint density at radius 3 is 2.57 bits per heavy atom. The topological polar surface area (TPSA) is 70.6 Å². The lowest BCUT2D eigenvalue weighted by Gasteiger charge is -2.07. The van der Waals surface area contributed by atoms with Gasteiger partial charge in [-0.25, -0.2) is 9.82 Å². The molecule has 0 aliphatic heterocycles. The lowest BCUT2D eigenvalue weighted by Crippen LogP contribution is -2.29. The summed E-state index contributed by atoms with van der Waals surface area (Å²) in [5.41, 5.74) is 2.60. The molecule has 114 valence electrons. The van der Waals surface area contributed by atoms with Gasteiger partial charge in [-0.15, -0.1) is 0 Å². The van der Waals surface area contributed by atoms with Gasteiger partial charge in [0.15, 0.2) is 0 Å². The molecule has 0 atom stereocenters. The predicted molar refractivity (Wildman–Crippen MR) is 79.4 cm³/mol. The number of benzene rings is 1. The molecule has 0 aliphatic rings. The molecular weight excluding hydrogens is 273 g/mol. The van der Waals surface area contributed by atoms with Crippen molar-refractivity contribution in [3.05, 3.63) is 35.6 Å². The first kappa shape index (κ1) is 16.8. The van der Waals surface area contributed by atoms with E-state index in [-0.39, 0.29) is 17.9 Å². The lowest BCUT2D eigenvalue weighted by molar-refractivity contribution is -0.120. The van der Waals surface area contributed by atoms with Gasteiger partial charge in [0.25, 0.3) is 5.91 Å². The number of hydrogen-bond donors (Lipinski definition) is 2. The van der Waals surface area contributed by atoms with Crippen LogP contribution in [0.15, 0.2) is 29.4 Å². The average molecular weight is 293 g/mol. The zero-order valence-electron chi connectivity index (χ0n) is 12.4. The summed E-state index contributed by atoms with van der Waals surface area (Å²) in [5.74, 6) is -1.05. The van der Waals surface area contributed by atoms with Crippen LogP contribution in [-0.2, 0) is 4.79 Å². The standard InChI is InChI=1S/C15H20FN3O2/c1-10(2)9-17-14(20)8-11(3)18-19-15(21)12-6-4-5-7-13(12)16/h4-7,10H,8-9H2,1-3H3,(H,17,20)(H,19,21). The molecule has 2 N–H and O–H groups in total. The largest absolute Gasteiger partial charge is 0.356 e. The lowest BCUT2D eigenvalue weighted by atomic mass is 10.2. The molecular formula is C15H20FN3O2. The van der Waals surface area contributed by atoms with Crippen LogP contribution in [-0.4, -0.2) is 24.1 Å². The molecule has 6 heteroatoms. The molecule has 0 bridgehead atoms. The van der Waals surface area contributed by atoms with E-state index in [0.717, 1.165) is 0 Å². The van der Waals surface area contributed by atoms with Gasteiger partial charge in [0.1, 0.15) is 5.82 Å². The quantitative estimate of drug-likeness (QED) is 0.623. The second-order valence-electron chi connectivity index (χ2n) is 5.14. The summed E-state index contributed by atoms with van der Waals surface area (Å²) < 4.78 is 13.4. The number of nitrogens with one attached hydrogen (secondary N) is 2. The number of rotatable bonds is 6. The van der Waals surface area contributed by atoms with Crippen LogP contribution in [0.3, 0.4) is 0 Å². The zero-order chi connectivity index (χ0) is 15.8. The fraction of sp³-hybridized carbons (Fsp3) is 0.400. The number of hydrogen-bond acceptors (Lipinski definition) is 3. The van der Waals surface area contributed by atoms with Gasteiger partial charge in [0.2, 0.25) is 5.91 Å². The van der Waals surface area contributed by atoms with E-state index in [4.69, 9.17) is 0 Å². The van der Waals surface area contributed by atoms with Crippen molar-refractivity contribution in [3.63, 3.8) is 0 Å². The highest BCUT2D eigenvalue weighted by molar-refractivity contribution is 6.01. The summed E-state index contributed by atoms with van der Waals surface area (Å²) in [6, 6.07) is 5.63. The summed E-state index contributed by atoms with van der Waals surface area (Å²) >= 11 is 0. The van der Waals surface area contributed by atoms with Gasteiger partial charge in [-0.1, -0.05) is 26.0 Å². The maximum absolute atomic E-state index is 13.4. The van der Waals surface area contributed by atoms with Crippen LogP contribution in [0.5, 0.6) is 0 Å². The van der Waals surface area contributed by atoms with Gasteiger partial charge in [0, 0.05) is 12.3 Å². The summed E-state index contributed by atoms with van der Waals surface area (Å²) in [7, 11) is 0. The highest BCUT2D eigenvalue weighted by Crippen LogP contribution is 2.05. The minimum absolute atomic E-state index is 0.0849. The molecule has 0 spiro atoms. The molecule has 0 aromatic heterocycles. The van der Waals surface area contributed by atoms with Gasteiger partial charge in [0.05, 0.1) is 12.0 Å². The minimum atomic E-state index is -0.643. The monoisotopic (exact) mass is 293 g/mol. The van der Waals surface area contributed by atoms with Crippen molar-refractivity contribution < 1.29 is 14.0 Å². The van der Waals surface area contributed by atoms with E-state index in [1.165, 1.54) is 18.2 Å². The molecule has 1 rings (SSSR count). The van der Waals surface area contributed by atoms with Crippen molar-refractivity contribution in [1.82, 2.24) is 10.7 Å². The van der Waals surface area contributed by atoms with Crippen LogP contribution < -0.4 is 10.7 Å².